The number of anilines is 1. The topological polar surface area (TPSA) is 116 Å². The Bertz CT molecular complexity index is 830. The second-order valence-electron chi connectivity index (χ2n) is 5.39. The fraction of sp³-hybridized carbons (Fsp3) is 0.333. The van der Waals surface area contributed by atoms with Gasteiger partial charge in [0.1, 0.15) is 5.00 Å². The van der Waals surface area contributed by atoms with E-state index in [0.29, 0.717) is 12.1 Å². The standard InChI is InChI=1S/C15H17BrN4O4S/c1-7(5-20-6-9(16)4-18-20)13(22)19-14-10(15(23)24-3)8(2)11(25-14)12(17)21/h4,6-7H,5H2,1-3H3,(H2,17,21)(H,19,22). The van der Waals surface area contributed by atoms with Crippen LogP contribution in [0.5, 0.6) is 0 Å². The highest BCUT2D eigenvalue weighted by molar-refractivity contribution is 9.10. The molecule has 2 amide bonds. The number of nitrogens with two attached hydrogens (primary N) is 1. The van der Waals surface area contributed by atoms with Crippen molar-refractivity contribution < 1.29 is 19.1 Å². The van der Waals surface area contributed by atoms with Crippen LogP contribution in [0.3, 0.4) is 0 Å². The van der Waals surface area contributed by atoms with E-state index >= 15 is 0 Å². The Labute approximate surface area is 156 Å². The number of hydrogen-bond acceptors (Lipinski definition) is 6. The lowest BCUT2D eigenvalue weighted by Crippen LogP contribution is -2.25. The Balaban J connectivity index is 2.23. The van der Waals surface area contributed by atoms with Crippen molar-refractivity contribution in [2.24, 2.45) is 11.7 Å². The number of amides is 2. The van der Waals surface area contributed by atoms with Gasteiger partial charge in [-0.3, -0.25) is 14.3 Å². The molecule has 25 heavy (non-hydrogen) atoms. The van der Waals surface area contributed by atoms with E-state index < -0.39 is 17.8 Å². The summed E-state index contributed by atoms with van der Waals surface area (Å²) < 4.78 is 7.18. The lowest BCUT2D eigenvalue weighted by atomic mass is 10.1. The van der Waals surface area contributed by atoms with Crippen molar-refractivity contribution >= 4 is 50.1 Å². The second kappa shape index (κ2) is 7.79. The third kappa shape index (κ3) is 4.26. The third-order valence-corrected chi connectivity index (χ3v) is 5.14. The molecule has 0 aliphatic rings. The SMILES string of the molecule is COC(=O)c1c(NC(=O)C(C)Cn2cc(Br)cn2)sc(C(N)=O)c1C. The van der Waals surface area contributed by atoms with Gasteiger partial charge < -0.3 is 15.8 Å². The van der Waals surface area contributed by atoms with Crippen LogP contribution in [0.15, 0.2) is 16.9 Å². The van der Waals surface area contributed by atoms with E-state index in [1.54, 1.807) is 30.9 Å². The average Bonchev–Trinajstić information content (AvgIpc) is 3.10. The number of rotatable bonds is 6. The van der Waals surface area contributed by atoms with Gasteiger partial charge in [-0.1, -0.05) is 6.92 Å². The number of esters is 1. The van der Waals surface area contributed by atoms with Crippen LogP contribution < -0.4 is 11.1 Å². The highest BCUT2D eigenvalue weighted by atomic mass is 79.9. The molecule has 8 nitrogen and oxygen atoms in total. The number of halogens is 1. The normalized spacial score (nSPS) is 11.8. The van der Waals surface area contributed by atoms with Crippen LogP contribution in [0.25, 0.3) is 0 Å². The predicted octanol–water partition coefficient (Wildman–Crippen LogP) is 2.18. The highest BCUT2D eigenvalue weighted by Crippen LogP contribution is 2.33. The summed E-state index contributed by atoms with van der Waals surface area (Å²) >= 11 is 4.25. The Morgan fingerprint density at radius 1 is 1.48 bits per heavy atom. The molecule has 0 bridgehead atoms. The van der Waals surface area contributed by atoms with Crippen LogP contribution in [-0.4, -0.2) is 34.7 Å². The average molecular weight is 429 g/mol. The Kier molecular flexibility index (Phi) is 5.96. The van der Waals surface area contributed by atoms with Crippen LogP contribution in [0.4, 0.5) is 5.00 Å². The summed E-state index contributed by atoms with van der Waals surface area (Å²) in [5.41, 5.74) is 5.86. The van der Waals surface area contributed by atoms with Gasteiger partial charge in [0.15, 0.2) is 0 Å². The first kappa shape index (κ1) is 19.1. The second-order valence-corrected chi connectivity index (χ2v) is 7.32. The summed E-state index contributed by atoms with van der Waals surface area (Å²) in [5.74, 6) is -2.03. The van der Waals surface area contributed by atoms with E-state index in [0.717, 1.165) is 15.8 Å². The minimum Gasteiger partial charge on any atom is -0.465 e. The molecule has 0 aliphatic carbocycles. The number of nitrogens with one attached hydrogen (secondary N) is 1. The molecule has 0 fully saturated rings. The molecule has 0 aromatic carbocycles. The molecule has 3 N–H and O–H groups in total. The van der Waals surface area contributed by atoms with Gasteiger partial charge in [-0.05, 0) is 28.4 Å². The number of methoxy groups -OCH3 is 1. The first-order valence-electron chi connectivity index (χ1n) is 7.24. The number of hydrogen-bond donors (Lipinski definition) is 2. The molecule has 0 saturated carbocycles. The fourth-order valence-corrected chi connectivity index (χ4v) is 3.60. The van der Waals surface area contributed by atoms with Gasteiger partial charge in [0.2, 0.25) is 5.91 Å². The van der Waals surface area contributed by atoms with E-state index in [4.69, 9.17) is 10.5 Å². The summed E-state index contributed by atoms with van der Waals surface area (Å²) in [6, 6.07) is 0. The number of carbonyl (C=O) groups excluding carboxylic acids is 3. The van der Waals surface area contributed by atoms with Gasteiger partial charge >= 0.3 is 5.97 Å². The van der Waals surface area contributed by atoms with Crippen molar-refractivity contribution in [1.82, 2.24) is 9.78 Å². The van der Waals surface area contributed by atoms with Gasteiger partial charge in [-0.15, -0.1) is 11.3 Å². The van der Waals surface area contributed by atoms with Crippen LogP contribution in [0.2, 0.25) is 0 Å². The summed E-state index contributed by atoms with van der Waals surface area (Å²) in [4.78, 5) is 36.2. The maximum Gasteiger partial charge on any atom is 0.341 e. The monoisotopic (exact) mass is 428 g/mol. The Hall–Kier alpha value is -2.20. The van der Waals surface area contributed by atoms with Gasteiger partial charge in [-0.2, -0.15) is 5.10 Å². The van der Waals surface area contributed by atoms with Crippen molar-refractivity contribution in [1.29, 1.82) is 0 Å². The van der Waals surface area contributed by atoms with Crippen molar-refractivity contribution in [2.45, 2.75) is 20.4 Å². The molecule has 1 unspecified atom stereocenters. The molecular formula is C15H17BrN4O4S. The molecule has 1 atom stereocenters. The van der Waals surface area contributed by atoms with Crippen LogP contribution >= 0.6 is 27.3 Å². The Morgan fingerprint density at radius 2 is 2.16 bits per heavy atom. The van der Waals surface area contributed by atoms with Crippen LogP contribution in [-0.2, 0) is 16.1 Å². The first-order chi connectivity index (χ1) is 11.7. The smallest absolute Gasteiger partial charge is 0.341 e. The van der Waals surface area contributed by atoms with Crippen molar-refractivity contribution in [3.05, 3.63) is 32.9 Å². The van der Waals surface area contributed by atoms with Crippen molar-refractivity contribution in [3.63, 3.8) is 0 Å². The van der Waals surface area contributed by atoms with Gasteiger partial charge in [0.05, 0.1) is 40.7 Å². The molecule has 134 valence electrons. The predicted molar refractivity (Wildman–Crippen MR) is 96.6 cm³/mol. The van der Waals surface area contributed by atoms with Crippen molar-refractivity contribution in [3.8, 4) is 0 Å². The number of ether oxygens (including phenoxy) is 1. The maximum absolute atomic E-state index is 12.5. The molecule has 2 heterocycles. The molecule has 0 radical (unpaired) electrons. The largest absolute Gasteiger partial charge is 0.465 e. The van der Waals surface area contributed by atoms with Gasteiger partial charge in [-0.25, -0.2) is 4.79 Å². The quantitative estimate of drug-likeness (QED) is 0.683. The molecule has 0 spiro atoms. The van der Waals surface area contributed by atoms with E-state index in [9.17, 15) is 14.4 Å². The summed E-state index contributed by atoms with van der Waals surface area (Å²) in [6.45, 7) is 3.68. The lowest BCUT2D eigenvalue weighted by molar-refractivity contribution is -0.119. The Morgan fingerprint density at radius 3 is 2.68 bits per heavy atom. The zero-order chi connectivity index (χ0) is 18.7. The van der Waals surface area contributed by atoms with E-state index in [2.05, 4.69) is 26.3 Å². The molecule has 10 heteroatoms. The van der Waals surface area contributed by atoms with Crippen LogP contribution in [0.1, 0.15) is 32.5 Å². The third-order valence-electron chi connectivity index (χ3n) is 3.51. The molecule has 2 aromatic rings. The number of carbonyl (C=O) groups is 3. The zero-order valence-electron chi connectivity index (χ0n) is 13.8. The fourth-order valence-electron chi connectivity index (χ4n) is 2.22. The summed E-state index contributed by atoms with van der Waals surface area (Å²) in [7, 11) is 1.23. The van der Waals surface area contributed by atoms with E-state index in [-0.39, 0.29) is 21.3 Å². The number of primary amides is 1. The van der Waals surface area contributed by atoms with Crippen molar-refractivity contribution in [2.75, 3.05) is 12.4 Å². The van der Waals surface area contributed by atoms with E-state index in [1.807, 2.05) is 0 Å². The number of aromatic nitrogens is 2. The lowest BCUT2D eigenvalue weighted by Gasteiger charge is -2.12. The molecule has 0 aliphatic heterocycles. The van der Waals surface area contributed by atoms with E-state index in [1.165, 1.54) is 7.11 Å². The molecular weight excluding hydrogens is 412 g/mol. The number of thiophene rings is 1. The molecule has 2 aromatic heterocycles. The van der Waals surface area contributed by atoms with Crippen LogP contribution in [0, 0.1) is 12.8 Å². The first-order valence-corrected chi connectivity index (χ1v) is 8.85. The van der Waals surface area contributed by atoms with Gasteiger partial charge in [0.25, 0.3) is 5.91 Å². The highest BCUT2D eigenvalue weighted by Gasteiger charge is 2.26. The minimum atomic E-state index is -0.664. The minimum absolute atomic E-state index is 0.142. The zero-order valence-corrected chi connectivity index (χ0v) is 16.2. The maximum atomic E-state index is 12.5. The number of nitrogens with zero attached hydrogens (tertiary/aromatic N) is 2. The molecule has 0 saturated heterocycles. The van der Waals surface area contributed by atoms with Gasteiger partial charge in [0, 0.05) is 6.20 Å². The summed E-state index contributed by atoms with van der Waals surface area (Å²) in [5, 5.41) is 7.04. The molecule has 2 rings (SSSR count). The summed E-state index contributed by atoms with van der Waals surface area (Å²) in [6.07, 6.45) is 3.38.